The second-order valence-electron chi connectivity index (χ2n) is 10.4. The molecule has 0 saturated heterocycles. The number of benzene rings is 3. The van der Waals surface area contributed by atoms with E-state index in [0.29, 0.717) is 28.7 Å². The van der Waals surface area contributed by atoms with Gasteiger partial charge in [-0.1, -0.05) is 85.6 Å². The summed E-state index contributed by atoms with van der Waals surface area (Å²) >= 11 is 12.3. The number of nitrogens with one attached hydrogen (secondary N) is 1. The normalized spacial score (nSPS) is 12.1. The van der Waals surface area contributed by atoms with Gasteiger partial charge in [-0.3, -0.25) is 13.9 Å². The average molecular weight is 619 g/mol. The maximum atomic E-state index is 13.9. The molecule has 0 radical (unpaired) electrons. The summed E-state index contributed by atoms with van der Waals surface area (Å²) in [5.41, 5.74) is 2.14. The van der Waals surface area contributed by atoms with E-state index in [9.17, 15) is 18.0 Å². The predicted octanol–water partition coefficient (Wildman–Crippen LogP) is 5.95. The van der Waals surface area contributed by atoms with Gasteiger partial charge in [-0.15, -0.1) is 0 Å². The largest absolute Gasteiger partial charge is 0.354 e. The van der Waals surface area contributed by atoms with Gasteiger partial charge in [-0.2, -0.15) is 0 Å². The van der Waals surface area contributed by atoms with E-state index < -0.39 is 16.1 Å². The summed E-state index contributed by atoms with van der Waals surface area (Å²) in [6, 6.07) is 22.6. The van der Waals surface area contributed by atoms with Crippen molar-refractivity contribution in [3.8, 4) is 0 Å². The minimum absolute atomic E-state index is 0.0376. The number of amides is 2. The molecule has 1 atom stereocenters. The maximum absolute atomic E-state index is 13.9. The summed E-state index contributed by atoms with van der Waals surface area (Å²) in [5.74, 6) is -0.262. The van der Waals surface area contributed by atoms with Crippen molar-refractivity contribution in [3.05, 3.63) is 100 Å². The first-order valence-corrected chi connectivity index (χ1v) is 16.1. The molecular weight excluding hydrogens is 581 g/mol. The van der Waals surface area contributed by atoms with Gasteiger partial charge in [0.05, 0.1) is 11.9 Å². The van der Waals surface area contributed by atoms with Crippen molar-refractivity contribution >= 4 is 50.7 Å². The Balaban J connectivity index is 1.88. The molecule has 0 spiro atoms. The lowest BCUT2D eigenvalue weighted by Crippen LogP contribution is -2.51. The van der Waals surface area contributed by atoms with Crippen molar-refractivity contribution in [1.29, 1.82) is 0 Å². The molecule has 1 N–H and O–H groups in total. The van der Waals surface area contributed by atoms with E-state index in [4.69, 9.17) is 23.2 Å². The molecule has 0 aliphatic heterocycles. The van der Waals surface area contributed by atoms with Crippen LogP contribution in [0.2, 0.25) is 10.0 Å². The number of rotatable bonds is 14. The van der Waals surface area contributed by atoms with Crippen LogP contribution in [0.15, 0.2) is 78.9 Å². The first kappa shape index (κ1) is 32.4. The van der Waals surface area contributed by atoms with Crippen LogP contribution >= 0.6 is 23.2 Å². The molecule has 3 aromatic rings. The van der Waals surface area contributed by atoms with Crippen LogP contribution in [0.5, 0.6) is 0 Å². The van der Waals surface area contributed by atoms with Gasteiger partial charge in [-0.25, -0.2) is 8.42 Å². The molecule has 0 bridgehead atoms. The van der Waals surface area contributed by atoms with Crippen molar-refractivity contribution in [2.45, 2.75) is 45.7 Å². The van der Waals surface area contributed by atoms with Crippen molar-refractivity contribution in [2.24, 2.45) is 5.92 Å². The second-order valence-corrected chi connectivity index (χ2v) is 13.2. The van der Waals surface area contributed by atoms with Gasteiger partial charge in [0.15, 0.2) is 0 Å². The molecule has 2 amide bonds. The standard InChI is InChI=1S/C31H37Cl2N3O4S/c1-23(2)21-34-31(38)29(19-24-10-5-4-6-11-24)35(22-25-12-7-13-26(32)18-25)30(37)16-9-17-36(41(3,39)40)28-15-8-14-27(33)20-28/h4-8,10-15,18,20,23,29H,9,16-17,19,21-22H2,1-3H3,(H,34,38). The number of nitrogens with zero attached hydrogens (tertiary/aromatic N) is 2. The SMILES string of the molecule is CC(C)CNC(=O)C(Cc1ccccc1)N(Cc1cccc(Cl)c1)C(=O)CCCN(c1cccc(Cl)c1)S(C)(=O)=O. The fraction of sp³-hybridized carbons (Fsp3) is 0.355. The molecule has 7 nitrogen and oxygen atoms in total. The third-order valence-electron chi connectivity index (χ3n) is 6.45. The summed E-state index contributed by atoms with van der Waals surface area (Å²) in [5, 5.41) is 3.94. The monoisotopic (exact) mass is 617 g/mol. The van der Waals surface area contributed by atoms with Gasteiger partial charge in [-0.05, 0) is 53.8 Å². The van der Waals surface area contributed by atoms with Crippen LogP contribution in [0.3, 0.4) is 0 Å². The Morgan fingerprint density at radius 2 is 1.51 bits per heavy atom. The molecule has 10 heteroatoms. The van der Waals surface area contributed by atoms with Gasteiger partial charge in [0.25, 0.3) is 0 Å². The number of halogens is 2. The van der Waals surface area contributed by atoms with Gasteiger partial charge >= 0.3 is 0 Å². The summed E-state index contributed by atoms with van der Waals surface area (Å²) in [6.45, 7) is 4.75. The maximum Gasteiger partial charge on any atom is 0.243 e. The molecular formula is C31H37Cl2N3O4S. The van der Waals surface area contributed by atoms with E-state index >= 15 is 0 Å². The Labute approximate surface area is 253 Å². The van der Waals surface area contributed by atoms with Crippen molar-refractivity contribution in [2.75, 3.05) is 23.7 Å². The van der Waals surface area contributed by atoms with Gasteiger partial charge in [0, 0.05) is 42.5 Å². The third kappa shape index (κ3) is 10.4. The minimum Gasteiger partial charge on any atom is -0.354 e. The highest BCUT2D eigenvalue weighted by Gasteiger charge is 2.30. The van der Waals surface area contributed by atoms with E-state index in [1.165, 1.54) is 4.31 Å². The van der Waals surface area contributed by atoms with Gasteiger partial charge < -0.3 is 10.2 Å². The zero-order valence-corrected chi connectivity index (χ0v) is 25.9. The van der Waals surface area contributed by atoms with Gasteiger partial charge in [0.2, 0.25) is 21.8 Å². The van der Waals surface area contributed by atoms with Crippen LogP contribution in [0.1, 0.15) is 37.8 Å². The lowest BCUT2D eigenvalue weighted by Gasteiger charge is -2.32. The van der Waals surface area contributed by atoms with Crippen LogP contribution in [-0.2, 0) is 32.6 Å². The molecule has 0 aromatic heterocycles. The Bertz CT molecular complexity index is 1420. The molecule has 0 fully saturated rings. The summed E-state index contributed by atoms with van der Waals surface area (Å²) in [6.07, 6.45) is 1.73. The van der Waals surface area contributed by atoms with Crippen LogP contribution in [0.4, 0.5) is 5.69 Å². The number of hydrogen-bond donors (Lipinski definition) is 1. The van der Waals surface area contributed by atoms with Crippen LogP contribution < -0.4 is 9.62 Å². The van der Waals surface area contributed by atoms with Crippen LogP contribution in [0, 0.1) is 5.92 Å². The molecule has 3 rings (SSSR count). The van der Waals surface area contributed by atoms with E-state index in [0.717, 1.165) is 17.4 Å². The molecule has 0 saturated carbocycles. The van der Waals surface area contributed by atoms with Crippen molar-refractivity contribution < 1.29 is 18.0 Å². The third-order valence-corrected chi connectivity index (χ3v) is 8.11. The zero-order chi connectivity index (χ0) is 30.0. The van der Waals surface area contributed by atoms with E-state index in [2.05, 4.69) is 5.32 Å². The average Bonchev–Trinajstić information content (AvgIpc) is 2.91. The number of sulfonamides is 1. The van der Waals surface area contributed by atoms with E-state index in [-0.39, 0.29) is 43.7 Å². The van der Waals surface area contributed by atoms with Crippen LogP contribution in [0.25, 0.3) is 0 Å². The highest BCUT2D eigenvalue weighted by Crippen LogP contribution is 2.23. The van der Waals surface area contributed by atoms with Crippen molar-refractivity contribution in [1.82, 2.24) is 10.2 Å². The molecule has 41 heavy (non-hydrogen) atoms. The Kier molecular flexibility index (Phi) is 12.1. The highest BCUT2D eigenvalue weighted by molar-refractivity contribution is 7.92. The molecule has 0 aliphatic carbocycles. The summed E-state index contributed by atoms with van der Waals surface area (Å²) in [4.78, 5) is 29.0. The first-order chi connectivity index (χ1) is 19.4. The zero-order valence-electron chi connectivity index (χ0n) is 23.6. The summed E-state index contributed by atoms with van der Waals surface area (Å²) in [7, 11) is -3.62. The number of carbonyl (C=O) groups is 2. The van der Waals surface area contributed by atoms with E-state index in [1.807, 2.05) is 50.2 Å². The first-order valence-electron chi connectivity index (χ1n) is 13.5. The lowest BCUT2D eigenvalue weighted by atomic mass is 10.0. The minimum atomic E-state index is -3.62. The fourth-order valence-corrected chi connectivity index (χ4v) is 5.80. The predicted molar refractivity (Wildman–Crippen MR) is 167 cm³/mol. The quantitative estimate of drug-likeness (QED) is 0.242. The van der Waals surface area contributed by atoms with Crippen LogP contribution in [-0.4, -0.2) is 50.5 Å². The molecule has 3 aromatic carbocycles. The highest BCUT2D eigenvalue weighted by atomic mass is 35.5. The summed E-state index contributed by atoms with van der Waals surface area (Å²) < 4.78 is 26.4. The number of hydrogen-bond acceptors (Lipinski definition) is 4. The number of anilines is 1. The van der Waals surface area contributed by atoms with Gasteiger partial charge in [0.1, 0.15) is 6.04 Å². The van der Waals surface area contributed by atoms with Crippen molar-refractivity contribution in [3.63, 3.8) is 0 Å². The smallest absolute Gasteiger partial charge is 0.243 e. The van der Waals surface area contributed by atoms with E-state index in [1.54, 1.807) is 47.4 Å². The molecule has 0 aliphatic rings. The Hall–Kier alpha value is -3.07. The Morgan fingerprint density at radius 1 is 0.878 bits per heavy atom. The number of carbonyl (C=O) groups excluding carboxylic acids is 2. The Morgan fingerprint density at radius 3 is 2.12 bits per heavy atom. The molecule has 220 valence electrons. The molecule has 1 unspecified atom stereocenters. The topological polar surface area (TPSA) is 86.8 Å². The molecule has 0 heterocycles. The second kappa shape index (κ2) is 15.2. The fourth-order valence-electron chi connectivity index (χ4n) is 4.44. The lowest BCUT2D eigenvalue weighted by molar-refractivity contribution is -0.141.